The highest BCUT2D eigenvalue weighted by Crippen LogP contribution is 2.19. The molecule has 7 heteroatoms. The van der Waals surface area contributed by atoms with Crippen molar-refractivity contribution in [3.8, 4) is 11.4 Å². The molecule has 2 aromatic rings. The van der Waals surface area contributed by atoms with Crippen molar-refractivity contribution < 1.29 is 8.42 Å². The Balaban J connectivity index is 1.93. The lowest BCUT2D eigenvalue weighted by Gasteiger charge is -2.04. The van der Waals surface area contributed by atoms with Crippen LogP contribution in [-0.4, -0.2) is 40.6 Å². The first-order valence-electron chi connectivity index (χ1n) is 7.41. The molecule has 0 unspecified atom stereocenters. The second-order valence-electron chi connectivity index (χ2n) is 5.82. The zero-order valence-electron chi connectivity index (χ0n) is 13.2. The number of hydrogen-bond donors (Lipinski definition) is 0. The molecule has 0 saturated heterocycles. The zero-order valence-corrected chi connectivity index (χ0v) is 14.0. The third kappa shape index (κ3) is 4.91. The van der Waals surface area contributed by atoms with Gasteiger partial charge in [0.15, 0.2) is 0 Å². The van der Waals surface area contributed by atoms with Crippen LogP contribution in [0.25, 0.3) is 11.4 Å². The molecule has 0 aliphatic heterocycles. The molecule has 0 N–H and O–H groups in total. The second kappa shape index (κ2) is 7.00. The van der Waals surface area contributed by atoms with E-state index in [2.05, 4.69) is 41.4 Å². The van der Waals surface area contributed by atoms with Gasteiger partial charge in [0, 0.05) is 17.6 Å². The second-order valence-corrected chi connectivity index (χ2v) is 8.08. The van der Waals surface area contributed by atoms with Crippen molar-refractivity contribution in [3.63, 3.8) is 0 Å². The van der Waals surface area contributed by atoms with Gasteiger partial charge < -0.3 is 0 Å². The minimum absolute atomic E-state index is 0.200. The fourth-order valence-corrected chi connectivity index (χ4v) is 2.82. The summed E-state index contributed by atoms with van der Waals surface area (Å²) in [5.74, 6) is 1.29. The first-order chi connectivity index (χ1) is 10.3. The summed E-state index contributed by atoms with van der Waals surface area (Å²) in [6.45, 7) is 4.88. The monoisotopic (exact) mass is 322 g/mol. The minimum Gasteiger partial charge on any atom is -0.229 e. The van der Waals surface area contributed by atoms with E-state index in [1.165, 1.54) is 16.6 Å². The minimum atomic E-state index is -2.89. The number of nitrogens with zero attached hydrogens (tertiary/aromatic N) is 4. The van der Waals surface area contributed by atoms with Crippen LogP contribution in [0.4, 0.5) is 0 Å². The molecule has 0 bridgehead atoms. The Bertz CT molecular complexity index is 705. The molecule has 0 aliphatic carbocycles. The maximum Gasteiger partial charge on any atom is 0.204 e. The van der Waals surface area contributed by atoms with Gasteiger partial charge >= 0.3 is 0 Å². The summed E-state index contributed by atoms with van der Waals surface area (Å²) in [7, 11) is -2.89. The van der Waals surface area contributed by atoms with E-state index >= 15 is 0 Å². The molecular formula is C15H22N4O2S. The molecule has 0 spiro atoms. The summed E-state index contributed by atoms with van der Waals surface area (Å²) in [5, 5.41) is 12.4. The van der Waals surface area contributed by atoms with Gasteiger partial charge in [0.1, 0.15) is 9.84 Å². The van der Waals surface area contributed by atoms with E-state index in [1.54, 1.807) is 0 Å². The predicted molar refractivity (Wildman–Crippen MR) is 86.3 cm³/mol. The van der Waals surface area contributed by atoms with Crippen LogP contribution in [0.1, 0.15) is 38.2 Å². The number of sulfone groups is 1. The van der Waals surface area contributed by atoms with E-state index in [0.717, 1.165) is 12.0 Å². The van der Waals surface area contributed by atoms with E-state index in [-0.39, 0.29) is 5.75 Å². The van der Waals surface area contributed by atoms with Crippen LogP contribution < -0.4 is 0 Å². The van der Waals surface area contributed by atoms with Crippen molar-refractivity contribution in [2.75, 3.05) is 12.0 Å². The Labute approximate surface area is 131 Å². The van der Waals surface area contributed by atoms with Crippen molar-refractivity contribution in [1.29, 1.82) is 0 Å². The van der Waals surface area contributed by atoms with Gasteiger partial charge in [0.2, 0.25) is 5.82 Å². The number of aromatic nitrogens is 4. The fraction of sp³-hybridized carbons (Fsp3) is 0.533. The summed E-state index contributed by atoms with van der Waals surface area (Å²) in [4.78, 5) is 1.52. The highest BCUT2D eigenvalue weighted by Gasteiger charge is 2.07. The van der Waals surface area contributed by atoms with E-state index in [0.29, 0.717) is 24.7 Å². The number of tetrazole rings is 1. The Morgan fingerprint density at radius 1 is 1.14 bits per heavy atom. The van der Waals surface area contributed by atoms with Crippen molar-refractivity contribution in [3.05, 3.63) is 29.8 Å². The normalized spacial score (nSPS) is 12.0. The predicted octanol–water partition coefficient (Wildman–Crippen LogP) is 2.29. The van der Waals surface area contributed by atoms with Gasteiger partial charge in [-0.15, -0.1) is 10.2 Å². The molecule has 0 fully saturated rings. The largest absolute Gasteiger partial charge is 0.229 e. The van der Waals surface area contributed by atoms with Gasteiger partial charge in [-0.05, 0) is 29.5 Å². The van der Waals surface area contributed by atoms with E-state index in [1.807, 2.05) is 12.1 Å². The summed E-state index contributed by atoms with van der Waals surface area (Å²) < 4.78 is 22.1. The number of hydrogen-bond acceptors (Lipinski definition) is 5. The van der Waals surface area contributed by atoms with Gasteiger partial charge in [-0.25, -0.2) is 8.42 Å². The summed E-state index contributed by atoms with van der Waals surface area (Å²) in [6.07, 6.45) is 2.58. The molecular weight excluding hydrogens is 300 g/mol. The number of rotatable bonds is 7. The maximum atomic E-state index is 11.1. The average Bonchev–Trinajstić information content (AvgIpc) is 2.91. The van der Waals surface area contributed by atoms with Crippen LogP contribution in [0.2, 0.25) is 0 Å². The molecule has 120 valence electrons. The summed E-state index contributed by atoms with van der Waals surface area (Å²) in [5.41, 5.74) is 2.21. The van der Waals surface area contributed by atoms with Gasteiger partial charge in [-0.1, -0.05) is 38.1 Å². The lowest BCUT2D eigenvalue weighted by molar-refractivity contribution is 0.495. The van der Waals surface area contributed by atoms with Crippen molar-refractivity contribution >= 4 is 9.84 Å². The van der Waals surface area contributed by atoms with E-state index in [4.69, 9.17) is 0 Å². The molecule has 0 saturated carbocycles. The quantitative estimate of drug-likeness (QED) is 0.731. The fourth-order valence-electron chi connectivity index (χ4n) is 2.09. The third-order valence-electron chi connectivity index (χ3n) is 3.41. The standard InChI is InChI=1S/C15H22N4O2S/c1-12(2)13-6-8-14(9-7-13)15-16-18-19(17-15)10-4-5-11-22(3,20)21/h6-9,12H,4-5,10-11H2,1-3H3. The van der Waals surface area contributed by atoms with Crippen LogP contribution in [0.3, 0.4) is 0 Å². The van der Waals surface area contributed by atoms with Crippen LogP contribution in [0.15, 0.2) is 24.3 Å². The van der Waals surface area contributed by atoms with Crippen LogP contribution in [0, 0.1) is 0 Å². The number of benzene rings is 1. The summed E-state index contributed by atoms with van der Waals surface area (Å²) in [6, 6.07) is 8.15. The molecule has 0 atom stereocenters. The molecule has 2 rings (SSSR count). The smallest absolute Gasteiger partial charge is 0.204 e. The van der Waals surface area contributed by atoms with Crippen molar-refractivity contribution in [1.82, 2.24) is 20.2 Å². The maximum absolute atomic E-state index is 11.1. The highest BCUT2D eigenvalue weighted by atomic mass is 32.2. The highest BCUT2D eigenvalue weighted by molar-refractivity contribution is 7.90. The molecule has 0 radical (unpaired) electrons. The SMILES string of the molecule is CC(C)c1ccc(-c2nnn(CCCCS(C)(=O)=O)n2)cc1. The number of unbranched alkanes of at least 4 members (excludes halogenated alkanes) is 1. The molecule has 1 aromatic carbocycles. The van der Waals surface area contributed by atoms with Crippen LogP contribution in [-0.2, 0) is 16.4 Å². The molecule has 0 amide bonds. The van der Waals surface area contributed by atoms with E-state index < -0.39 is 9.84 Å². The van der Waals surface area contributed by atoms with E-state index in [9.17, 15) is 8.42 Å². The average molecular weight is 322 g/mol. The Morgan fingerprint density at radius 3 is 2.41 bits per heavy atom. The summed E-state index contributed by atoms with van der Waals surface area (Å²) >= 11 is 0. The Morgan fingerprint density at radius 2 is 1.82 bits per heavy atom. The lowest BCUT2D eigenvalue weighted by atomic mass is 10.0. The molecule has 6 nitrogen and oxygen atoms in total. The molecule has 22 heavy (non-hydrogen) atoms. The van der Waals surface area contributed by atoms with Crippen molar-refractivity contribution in [2.24, 2.45) is 0 Å². The Hall–Kier alpha value is -1.76. The van der Waals surface area contributed by atoms with Gasteiger partial charge in [0.05, 0.1) is 6.54 Å². The van der Waals surface area contributed by atoms with Crippen LogP contribution >= 0.6 is 0 Å². The first kappa shape index (κ1) is 16.6. The van der Waals surface area contributed by atoms with Crippen molar-refractivity contribution in [2.45, 2.75) is 39.2 Å². The third-order valence-corrected chi connectivity index (χ3v) is 4.44. The van der Waals surface area contributed by atoms with Gasteiger partial charge in [0.25, 0.3) is 0 Å². The zero-order chi connectivity index (χ0) is 16.2. The first-order valence-corrected chi connectivity index (χ1v) is 9.47. The lowest BCUT2D eigenvalue weighted by Crippen LogP contribution is -2.07. The Kier molecular flexibility index (Phi) is 5.28. The topological polar surface area (TPSA) is 77.7 Å². The molecule has 1 heterocycles. The van der Waals surface area contributed by atoms with Crippen LogP contribution in [0.5, 0.6) is 0 Å². The van der Waals surface area contributed by atoms with Gasteiger partial charge in [-0.3, -0.25) is 0 Å². The van der Waals surface area contributed by atoms with Gasteiger partial charge in [-0.2, -0.15) is 4.80 Å². The molecule has 1 aromatic heterocycles. The number of aryl methyl sites for hydroxylation is 1. The molecule has 0 aliphatic rings.